The summed E-state index contributed by atoms with van der Waals surface area (Å²) in [5, 5.41) is 0. The van der Waals surface area contributed by atoms with Crippen molar-refractivity contribution in [2.24, 2.45) is 4.99 Å². The maximum Gasteiger partial charge on any atom is 0.235 e. The van der Waals surface area contributed by atoms with Gasteiger partial charge in [0.2, 0.25) is 6.08 Å². The Morgan fingerprint density at radius 2 is 2.07 bits per heavy atom. The second-order valence-electron chi connectivity index (χ2n) is 3.46. The Hall–Kier alpha value is -1.40. The zero-order chi connectivity index (χ0) is 10.6. The van der Waals surface area contributed by atoms with Gasteiger partial charge in [0, 0.05) is 0 Å². The van der Waals surface area contributed by atoms with Crippen molar-refractivity contribution in [3.8, 4) is 0 Å². The first-order chi connectivity index (χ1) is 6.69. The van der Waals surface area contributed by atoms with Crippen LogP contribution >= 0.6 is 0 Å². The van der Waals surface area contributed by atoms with E-state index in [2.05, 4.69) is 37.9 Å². The van der Waals surface area contributed by atoms with Crippen molar-refractivity contribution < 1.29 is 4.79 Å². The summed E-state index contributed by atoms with van der Waals surface area (Å²) in [4.78, 5) is 13.7. The molecule has 1 aromatic rings. The predicted octanol–water partition coefficient (Wildman–Crippen LogP) is 2.70. The second kappa shape index (κ2) is 4.73. The number of benzene rings is 1. The van der Waals surface area contributed by atoms with E-state index in [1.54, 1.807) is 6.08 Å². The van der Waals surface area contributed by atoms with E-state index in [9.17, 15) is 4.79 Å². The number of hydrogen-bond acceptors (Lipinski definition) is 2. The highest BCUT2D eigenvalue weighted by Gasteiger charge is 2.02. The van der Waals surface area contributed by atoms with Gasteiger partial charge in [0.25, 0.3) is 0 Å². The molecular formula is C12H15NO. The van der Waals surface area contributed by atoms with E-state index in [1.807, 2.05) is 0 Å². The number of aliphatic imine (C=N–C) groups is 1. The zero-order valence-corrected chi connectivity index (χ0v) is 8.92. The summed E-state index contributed by atoms with van der Waals surface area (Å²) in [5.41, 5.74) is 4.91. The van der Waals surface area contributed by atoms with Crippen LogP contribution in [0.25, 0.3) is 0 Å². The number of isocyanates is 1. The highest BCUT2D eigenvalue weighted by Crippen LogP contribution is 2.17. The number of hydrogen-bond donors (Lipinski definition) is 0. The largest absolute Gasteiger partial charge is 0.235 e. The molecule has 0 heterocycles. The van der Waals surface area contributed by atoms with Gasteiger partial charge in [-0.3, -0.25) is 0 Å². The van der Waals surface area contributed by atoms with Gasteiger partial charge in [-0.1, -0.05) is 19.1 Å². The first-order valence-corrected chi connectivity index (χ1v) is 4.81. The van der Waals surface area contributed by atoms with Gasteiger partial charge < -0.3 is 0 Å². The quantitative estimate of drug-likeness (QED) is 0.531. The van der Waals surface area contributed by atoms with Gasteiger partial charge in [0.05, 0.1) is 6.54 Å². The first-order valence-electron chi connectivity index (χ1n) is 4.81. The average Bonchev–Trinajstić information content (AvgIpc) is 2.20. The molecule has 0 aliphatic carbocycles. The van der Waals surface area contributed by atoms with Gasteiger partial charge in [-0.05, 0) is 42.5 Å². The maximum absolute atomic E-state index is 10.0. The Morgan fingerprint density at radius 1 is 1.36 bits per heavy atom. The summed E-state index contributed by atoms with van der Waals surface area (Å²) in [7, 11) is 0. The standard InChI is InChI=1S/C12H15NO/c1-4-11-5-9(2)10(3)12(6-11)7-13-8-14/h5-6H,4,7H2,1-3H3. The minimum atomic E-state index is 0.448. The van der Waals surface area contributed by atoms with Crippen molar-refractivity contribution in [2.75, 3.05) is 0 Å². The van der Waals surface area contributed by atoms with Crippen LogP contribution in [0.3, 0.4) is 0 Å². The molecule has 0 atom stereocenters. The van der Waals surface area contributed by atoms with Gasteiger partial charge in [0.15, 0.2) is 0 Å². The number of nitrogens with zero attached hydrogens (tertiary/aromatic N) is 1. The average molecular weight is 189 g/mol. The molecule has 2 nitrogen and oxygen atoms in total. The molecule has 0 aliphatic heterocycles. The van der Waals surface area contributed by atoms with E-state index < -0.39 is 0 Å². The minimum absolute atomic E-state index is 0.448. The van der Waals surface area contributed by atoms with Crippen LogP contribution in [0.1, 0.15) is 29.2 Å². The molecule has 0 bridgehead atoms. The second-order valence-corrected chi connectivity index (χ2v) is 3.46. The molecule has 0 aliphatic rings. The first kappa shape index (κ1) is 10.7. The molecule has 0 aromatic heterocycles. The van der Waals surface area contributed by atoms with Crippen molar-refractivity contribution in [2.45, 2.75) is 33.7 Å². The Morgan fingerprint density at radius 3 is 2.64 bits per heavy atom. The lowest BCUT2D eigenvalue weighted by Gasteiger charge is -2.08. The highest BCUT2D eigenvalue weighted by atomic mass is 16.1. The smallest absolute Gasteiger partial charge is 0.211 e. The van der Waals surface area contributed by atoms with Crippen LogP contribution in [-0.4, -0.2) is 6.08 Å². The summed E-state index contributed by atoms with van der Waals surface area (Å²) >= 11 is 0. The summed E-state index contributed by atoms with van der Waals surface area (Å²) in [6.07, 6.45) is 2.59. The molecule has 0 amide bonds. The van der Waals surface area contributed by atoms with Crippen molar-refractivity contribution >= 4 is 6.08 Å². The van der Waals surface area contributed by atoms with E-state index in [1.165, 1.54) is 16.7 Å². The Kier molecular flexibility index (Phi) is 3.61. The van der Waals surface area contributed by atoms with Crippen LogP contribution in [0.2, 0.25) is 0 Å². The van der Waals surface area contributed by atoms with E-state index in [0.717, 1.165) is 12.0 Å². The van der Waals surface area contributed by atoms with E-state index in [0.29, 0.717) is 6.54 Å². The molecule has 1 rings (SSSR count). The van der Waals surface area contributed by atoms with Crippen LogP contribution in [-0.2, 0) is 17.8 Å². The van der Waals surface area contributed by atoms with Crippen molar-refractivity contribution in [3.63, 3.8) is 0 Å². The molecule has 0 spiro atoms. The molecule has 14 heavy (non-hydrogen) atoms. The highest BCUT2D eigenvalue weighted by molar-refractivity contribution is 5.39. The third kappa shape index (κ3) is 2.30. The molecule has 0 saturated carbocycles. The van der Waals surface area contributed by atoms with Crippen LogP contribution in [0, 0.1) is 13.8 Å². The summed E-state index contributed by atoms with van der Waals surface area (Å²) in [6.45, 7) is 6.72. The van der Waals surface area contributed by atoms with E-state index in [-0.39, 0.29) is 0 Å². The van der Waals surface area contributed by atoms with Gasteiger partial charge in [-0.2, -0.15) is 0 Å². The van der Waals surface area contributed by atoms with Crippen LogP contribution in [0.15, 0.2) is 17.1 Å². The third-order valence-corrected chi connectivity index (χ3v) is 2.56. The SMILES string of the molecule is CCc1cc(C)c(C)c(CN=C=O)c1. The normalized spacial score (nSPS) is 9.64. The van der Waals surface area contributed by atoms with Crippen LogP contribution in [0.5, 0.6) is 0 Å². The Labute approximate surface area is 84.7 Å². The third-order valence-electron chi connectivity index (χ3n) is 2.56. The summed E-state index contributed by atoms with van der Waals surface area (Å²) in [5.74, 6) is 0. The maximum atomic E-state index is 10.0. The Bertz CT molecular complexity index is 376. The number of carbonyl (C=O) groups excluding carboxylic acids is 1. The fourth-order valence-corrected chi connectivity index (χ4v) is 1.50. The monoisotopic (exact) mass is 189 g/mol. The molecule has 0 radical (unpaired) electrons. The van der Waals surface area contributed by atoms with Gasteiger partial charge in [-0.25, -0.2) is 9.79 Å². The van der Waals surface area contributed by atoms with Crippen LogP contribution < -0.4 is 0 Å². The Balaban J connectivity index is 3.12. The molecular weight excluding hydrogens is 174 g/mol. The lowest BCUT2D eigenvalue weighted by atomic mass is 9.98. The van der Waals surface area contributed by atoms with Crippen LogP contribution in [0.4, 0.5) is 0 Å². The molecule has 74 valence electrons. The molecule has 0 N–H and O–H groups in total. The lowest BCUT2D eigenvalue weighted by Crippen LogP contribution is -1.94. The van der Waals surface area contributed by atoms with Crippen molar-refractivity contribution in [1.82, 2.24) is 0 Å². The zero-order valence-electron chi connectivity index (χ0n) is 8.92. The lowest BCUT2D eigenvalue weighted by molar-refractivity contribution is 0.562. The van der Waals surface area contributed by atoms with Gasteiger partial charge in [-0.15, -0.1) is 0 Å². The minimum Gasteiger partial charge on any atom is -0.211 e. The molecule has 2 heteroatoms. The van der Waals surface area contributed by atoms with Gasteiger partial charge in [0.1, 0.15) is 0 Å². The number of rotatable bonds is 3. The summed E-state index contributed by atoms with van der Waals surface area (Å²) in [6, 6.07) is 4.30. The van der Waals surface area contributed by atoms with E-state index >= 15 is 0 Å². The fourth-order valence-electron chi connectivity index (χ4n) is 1.50. The topological polar surface area (TPSA) is 29.4 Å². The summed E-state index contributed by atoms with van der Waals surface area (Å²) < 4.78 is 0. The molecule has 1 aromatic carbocycles. The molecule has 0 fully saturated rings. The molecule has 0 unspecified atom stereocenters. The number of aryl methyl sites for hydroxylation is 2. The van der Waals surface area contributed by atoms with E-state index in [4.69, 9.17) is 0 Å². The molecule has 0 saturated heterocycles. The van der Waals surface area contributed by atoms with Crippen molar-refractivity contribution in [1.29, 1.82) is 0 Å². The van der Waals surface area contributed by atoms with Crippen molar-refractivity contribution in [3.05, 3.63) is 34.4 Å². The fraction of sp³-hybridized carbons (Fsp3) is 0.417. The van der Waals surface area contributed by atoms with Gasteiger partial charge >= 0.3 is 0 Å². The predicted molar refractivity (Wildman–Crippen MR) is 57.1 cm³/mol.